The molecule has 0 aromatic rings. The molecule has 0 spiro atoms. The summed E-state index contributed by atoms with van der Waals surface area (Å²) in [6.45, 7) is 5.24. The van der Waals surface area contributed by atoms with Crippen LogP contribution in [0.15, 0.2) is 0 Å². The van der Waals surface area contributed by atoms with Gasteiger partial charge in [-0.05, 0) is 18.9 Å². The van der Waals surface area contributed by atoms with Gasteiger partial charge < -0.3 is 4.43 Å². The lowest BCUT2D eigenvalue weighted by Crippen LogP contribution is -2.07. The third-order valence-corrected chi connectivity index (χ3v) is 4.50. The van der Waals surface area contributed by atoms with Crippen molar-refractivity contribution in [1.82, 2.24) is 0 Å². The number of rotatable bonds is 8. The van der Waals surface area contributed by atoms with E-state index >= 15 is 0 Å². The molecule has 0 saturated heterocycles. The standard InChI is InChI=1S/C9H21ClOSi/c1-3-9(12-11-4-2)7-5-6-8-10/h9H,3-8,12H2,1-2H3. The van der Waals surface area contributed by atoms with E-state index in [0.29, 0.717) is 0 Å². The van der Waals surface area contributed by atoms with Gasteiger partial charge >= 0.3 is 0 Å². The molecule has 0 aromatic heterocycles. The maximum Gasteiger partial charge on any atom is 0.164 e. The van der Waals surface area contributed by atoms with Crippen LogP contribution in [-0.4, -0.2) is 22.3 Å². The highest BCUT2D eigenvalue weighted by atomic mass is 35.5. The summed E-state index contributed by atoms with van der Waals surface area (Å²) in [5.74, 6) is 0.812. The fraction of sp³-hybridized carbons (Fsp3) is 1.00. The minimum absolute atomic E-state index is 0.246. The number of unbranched alkanes of at least 4 members (excludes halogenated alkanes) is 1. The topological polar surface area (TPSA) is 9.23 Å². The van der Waals surface area contributed by atoms with Gasteiger partial charge in [0.25, 0.3) is 0 Å². The van der Waals surface area contributed by atoms with E-state index in [1.165, 1.54) is 25.7 Å². The van der Waals surface area contributed by atoms with Crippen LogP contribution in [0.5, 0.6) is 0 Å². The molecule has 0 saturated carbocycles. The molecule has 0 aliphatic rings. The summed E-state index contributed by atoms with van der Waals surface area (Å²) in [5, 5.41) is 0. The third-order valence-electron chi connectivity index (χ3n) is 2.13. The Labute approximate surface area is 83.8 Å². The monoisotopic (exact) mass is 208 g/mol. The van der Waals surface area contributed by atoms with Gasteiger partial charge in [-0.1, -0.05) is 26.2 Å². The van der Waals surface area contributed by atoms with Gasteiger partial charge in [-0.25, -0.2) is 0 Å². The van der Waals surface area contributed by atoms with Gasteiger partial charge in [-0.15, -0.1) is 11.6 Å². The van der Waals surface area contributed by atoms with Gasteiger partial charge in [0, 0.05) is 12.5 Å². The van der Waals surface area contributed by atoms with Crippen molar-refractivity contribution in [2.75, 3.05) is 12.5 Å². The van der Waals surface area contributed by atoms with Crippen molar-refractivity contribution in [2.24, 2.45) is 0 Å². The van der Waals surface area contributed by atoms with Crippen molar-refractivity contribution < 1.29 is 4.43 Å². The Morgan fingerprint density at radius 1 is 1.33 bits per heavy atom. The predicted molar refractivity (Wildman–Crippen MR) is 58.8 cm³/mol. The number of halogens is 1. The Morgan fingerprint density at radius 2 is 2.08 bits per heavy atom. The lowest BCUT2D eigenvalue weighted by Gasteiger charge is -2.12. The van der Waals surface area contributed by atoms with E-state index in [4.69, 9.17) is 16.0 Å². The molecule has 1 nitrogen and oxygen atoms in total. The Morgan fingerprint density at radius 3 is 2.58 bits per heavy atom. The average Bonchev–Trinajstić information content (AvgIpc) is 2.11. The quantitative estimate of drug-likeness (QED) is 0.339. The van der Waals surface area contributed by atoms with E-state index in [1.807, 2.05) is 0 Å². The summed E-state index contributed by atoms with van der Waals surface area (Å²) in [6.07, 6.45) is 5.06. The van der Waals surface area contributed by atoms with Crippen LogP contribution >= 0.6 is 11.6 Å². The zero-order valence-electron chi connectivity index (χ0n) is 8.31. The second-order valence-corrected chi connectivity index (χ2v) is 5.39. The molecule has 1 unspecified atom stereocenters. The number of hydrogen-bond acceptors (Lipinski definition) is 1. The van der Waals surface area contributed by atoms with Gasteiger partial charge in [0.05, 0.1) is 0 Å². The minimum atomic E-state index is -0.246. The molecule has 0 amide bonds. The van der Waals surface area contributed by atoms with Crippen molar-refractivity contribution in [2.45, 2.75) is 45.1 Å². The third kappa shape index (κ3) is 7.13. The van der Waals surface area contributed by atoms with Gasteiger partial charge in [0.1, 0.15) is 0 Å². The molecule has 0 bridgehead atoms. The molecular weight excluding hydrogens is 188 g/mol. The second-order valence-electron chi connectivity index (χ2n) is 3.12. The van der Waals surface area contributed by atoms with E-state index in [-0.39, 0.29) is 9.76 Å². The van der Waals surface area contributed by atoms with Gasteiger partial charge in [-0.2, -0.15) is 0 Å². The Balaban J connectivity index is 3.26. The molecular formula is C9H21ClOSi. The summed E-state index contributed by atoms with van der Waals surface area (Å²) in [4.78, 5) is 0. The summed E-state index contributed by atoms with van der Waals surface area (Å²) in [7, 11) is -0.246. The molecule has 0 aliphatic carbocycles. The van der Waals surface area contributed by atoms with Crippen LogP contribution in [-0.2, 0) is 4.43 Å². The largest absolute Gasteiger partial charge is 0.424 e. The fourth-order valence-corrected chi connectivity index (χ4v) is 2.67. The van der Waals surface area contributed by atoms with Crippen molar-refractivity contribution in [3.63, 3.8) is 0 Å². The summed E-state index contributed by atoms with van der Waals surface area (Å²) in [6, 6.07) is 0. The van der Waals surface area contributed by atoms with Crippen LogP contribution < -0.4 is 0 Å². The molecule has 3 heteroatoms. The zero-order valence-corrected chi connectivity index (χ0v) is 10.5. The molecule has 0 aromatic carbocycles. The van der Waals surface area contributed by atoms with Crippen LogP contribution in [0.1, 0.15) is 39.5 Å². The molecule has 12 heavy (non-hydrogen) atoms. The summed E-state index contributed by atoms with van der Waals surface area (Å²) in [5.41, 5.74) is 0.883. The Bertz CT molecular complexity index is 90.6. The van der Waals surface area contributed by atoms with Gasteiger partial charge in [0.15, 0.2) is 9.76 Å². The first-order chi connectivity index (χ1) is 5.85. The molecule has 74 valence electrons. The van der Waals surface area contributed by atoms with Gasteiger partial charge in [-0.3, -0.25) is 0 Å². The van der Waals surface area contributed by atoms with Crippen molar-refractivity contribution in [1.29, 1.82) is 0 Å². The molecule has 0 fully saturated rings. The molecule has 1 atom stereocenters. The maximum absolute atomic E-state index is 5.61. The van der Waals surface area contributed by atoms with Crippen LogP contribution in [0.4, 0.5) is 0 Å². The highest BCUT2D eigenvalue weighted by Gasteiger charge is 2.06. The lowest BCUT2D eigenvalue weighted by atomic mass is 10.2. The van der Waals surface area contributed by atoms with Crippen molar-refractivity contribution in [3.05, 3.63) is 0 Å². The van der Waals surface area contributed by atoms with Crippen molar-refractivity contribution >= 4 is 21.4 Å². The Kier molecular flexibility index (Phi) is 9.93. The van der Waals surface area contributed by atoms with E-state index in [1.54, 1.807) is 0 Å². The lowest BCUT2D eigenvalue weighted by molar-refractivity contribution is 0.348. The van der Waals surface area contributed by atoms with E-state index in [0.717, 1.165) is 18.0 Å². The highest BCUT2D eigenvalue weighted by molar-refractivity contribution is 6.29. The SMILES string of the molecule is CCO[SiH2]C(CC)CCCCCl. The highest BCUT2D eigenvalue weighted by Crippen LogP contribution is 2.17. The predicted octanol–water partition coefficient (Wildman–Crippen LogP) is 2.71. The maximum atomic E-state index is 5.61. The van der Waals surface area contributed by atoms with Crippen LogP contribution in [0.2, 0.25) is 5.54 Å². The molecule has 0 heterocycles. The first kappa shape index (κ1) is 12.5. The number of hydrogen-bond donors (Lipinski definition) is 0. The van der Waals surface area contributed by atoms with Crippen molar-refractivity contribution in [3.8, 4) is 0 Å². The smallest absolute Gasteiger partial charge is 0.164 e. The second kappa shape index (κ2) is 9.55. The Hall–Kier alpha value is 0.467. The summed E-state index contributed by atoms with van der Waals surface area (Å²) < 4.78 is 5.52. The van der Waals surface area contributed by atoms with Crippen LogP contribution in [0, 0.1) is 0 Å². The average molecular weight is 209 g/mol. The zero-order chi connectivity index (χ0) is 9.23. The van der Waals surface area contributed by atoms with E-state index in [9.17, 15) is 0 Å². The molecule has 0 aliphatic heterocycles. The fourth-order valence-electron chi connectivity index (χ4n) is 1.22. The van der Waals surface area contributed by atoms with Gasteiger partial charge in [0.2, 0.25) is 0 Å². The van der Waals surface area contributed by atoms with Crippen LogP contribution in [0.25, 0.3) is 0 Å². The molecule has 0 rings (SSSR count). The minimum Gasteiger partial charge on any atom is -0.424 e. The summed E-state index contributed by atoms with van der Waals surface area (Å²) >= 11 is 5.61. The normalized spacial score (nSPS) is 14.2. The van der Waals surface area contributed by atoms with E-state index < -0.39 is 0 Å². The molecule has 0 N–H and O–H groups in total. The van der Waals surface area contributed by atoms with E-state index in [2.05, 4.69) is 13.8 Å². The molecule has 0 radical (unpaired) electrons. The first-order valence-electron chi connectivity index (χ1n) is 4.98. The number of alkyl halides is 1. The first-order valence-corrected chi connectivity index (χ1v) is 6.91. The van der Waals surface area contributed by atoms with Crippen LogP contribution in [0.3, 0.4) is 0 Å².